The summed E-state index contributed by atoms with van der Waals surface area (Å²) in [7, 11) is 3.04. The Morgan fingerprint density at radius 3 is 2.60 bits per heavy atom. The first-order chi connectivity index (χ1) is 16.6. The largest absolute Gasteiger partial charge is 0.458 e. The first-order valence-corrected chi connectivity index (χ1v) is 12.3. The van der Waals surface area contributed by atoms with Crippen LogP contribution in [0.25, 0.3) is 0 Å². The molecule has 0 radical (unpaired) electrons. The molecule has 0 heterocycles. The Hall–Kier alpha value is -2.39. The van der Waals surface area contributed by atoms with Gasteiger partial charge in [0, 0.05) is 37.9 Å². The number of hydrogen-bond donors (Lipinski definition) is 0. The summed E-state index contributed by atoms with van der Waals surface area (Å²) in [4.78, 5) is 54.4. The first-order valence-electron chi connectivity index (χ1n) is 12.3. The summed E-state index contributed by atoms with van der Waals surface area (Å²) in [6, 6.07) is 0. The second kappa shape index (κ2) is 9.24. The van der Waals surface area contributed by atoms with E-state index in [2.05, 4.69) is 12.3 Å². The zero-order valence-electron chi connectivity index (χ0n) is 21.1. The number of carbonyl (C=O) groups excluding carboxylic acids is 3. The van der Waals surface area contributed by atoms with Crippen molar-refractivity contribution in [2.24, 2.45) is 33.9 Å². The molecule has 0 aromatic carbocycles. The van der Waals surface area contributed by atoms with E-state index in [1.54, 1.807) is 19.3 Å². The molecule has 192 valence electrons. The second-order valence-corrected chi connectivity index (χ2v) is 10.6. The van der Waals surface area contributed by atoms with Crippen LogP contribution < -0.4 is 0 Å². The fourth-order valence-corrected chi connectivity index (χ4v) is 8.31. The number of ketones is 2. The van der Waals surface area contributed by atoms with Crippen LogP contribution in [0.15, 0.2) is 29.1 Å². The summed E-state index contributed by atoms with van der Waals surface area (Å²) in [5.74, 6) is -0.949. The molecule has 3 saturated carbocycles. The molecule has 0 N–H and O–H groups in total. The number of methoxy groups -OCH3 is 2. The van der Waals surface area contributed by atoms with Crippen molar-refractivity contribution in [3.63, 3.8) is 0 Å². The van der Waals surface area contributed by atoms with Crippen LogP contribution in [-0.4, -0.2) is 56.2 Å². The van der Waals surface area contributed by atoms with E-state index in [0.29, 0.717) is 12.8 Å². The predicted octanol–water partition coefficient (Wildman–Crippen LogP) is 3.50. The summed E-state index contributed by atoms with van der Waals surface area (Å²) in [5, 5.41) is 2.84. The van der Waals surface area contributed by atoms with Crippen molar-refractivity contribution in [2.45, 2.75) is 70.7 Å². The van der Waals surface area contributed by atoms with Gasteiger partial charge in [-0.05, 0) is 56.1 Å². The van der Waals surface area contributed by atoms with Gasteiger partial charge < -0.3 is 19.0 Å². The number of Topliss-reactive ketones (excluding diaryl/α,β-unsaturated/α-hetero) is 1. The molecule has 4 aliphatic carbocycles. The van der Waals surface area contributed by atoms with Crippen molar-refractivity contribution in [3.05, 3.63) is 28.7 Å². The van der Waals surface area contributed by atoms with Crippen LogP contribution in [0.4, 0.5) is 0 Å². The third-order valence-electron chi connectivity index (χ3n) is 9.58. The maximum Gasteiger partial charge on any atom is 0.303 e. The molecule has 4 aliphatic rings. The normalized spacial score (nSPS) is 41.8. The van der Waals surface area contributed by atoms with Gasteiger partial charge in [-0.2, -0.15) is 0 Å². The van der Waals surface area contributed by atoms with Crippen molar-refractivity contribution >= 4 is 17.5 Å². The molecule has 0 aromatic rings. The second-order valence-electron chi connectivity index (χ2n) is 10.6. The van der Waals surface area contributed by atoms with Gasteiger partial charge in [0.2, 0.25) is 5.78 Å². The molecule has 4 rings (SSSR count). The van der Waals surface area contributed by atoms with Gasteiger partial charge in [0.15, 0.2) is 23.3 Å². The summed E-state index contributed by atoms with van der Waals surface area (Å²) in [5.41, 5.74) is -1.50. The molecule has 0 amide bonds. The van der Waals surface area contributed by atoms with Crippen LogP contribution in [0.1, 0.15) is 52.9 Å². The SMILES string of the molecule is CC[C@]12C=CC(=O)C=C1CCC1[C@@H]2[C@@H](ON=O)C[C@@]2(C)[C@H]1C[C@@H](OC)[C@]2(OC)C(=O)COC(C)=O. The van der Waals surface area contributed by atoms with Crippen molar-refractivity contribution in [3.8, 4) is 0 Å². The Morgan fingerprint density at radius 2 is 2.00 bits per heavy atom. The topological polar surface area (TPSA) is 118 Å². The fraction of sp³-hybridized carbons (Fsp3) is 0.731. The number of carbonyl (C=O) groups is 3. The lowest BCUT2D eigenvalue weighted by Crippen LogP contribution is -2.65. The third-order valence-corrected chi connectivity index (χ3v) is 9.58. The van der Waals surface area contributed by atoms with E-state index in [-0.39, 0.29) is 29.3 Å². The smallest absolute Gasteiger partial charge is 0.303 e. The average molecular weight is 490 g/mol. The molecule has 9 nitrogen and oxygen atoms in total. The standard InChI is InChI=1S/C26H35NO8/c1-6-25-10-9-17(29)11-16(25)7-8-18-19-12-22(32-4)26(33-5,21(30)14-34-15(2)28)24(19,3)13-20(23(18)25)35-27-31/h9-11,18-20,22-23H,6-8,12-14H2,1-5H3/t18?,19-,20-,22+,23+,24-,25-,26+/m0/s1. The molecule has 3 fully saturated rings. The number of fused-ring (bicyclic) bond motifs is 5. The van der Waals surface area contributed by atoms with Crippen molar-refractivity contribution in [1.82, 2.24) is 0 Å². The number of esters is 1. The van der Waals surface area contributed by atoms with E-state index >= 15 is 0 Å². The predicted molar refractivity (Wildman–Crippen MR) is 125 cm³/mol. The van der Waals surface area contributed by atoms with Gasteiger partial charge in [-0.15, -0.1) is 4.91 Å². The molecular formula is C26H35NO8. The number of rotatable bonds is 8. The van der Waals surface area contributed by atoms with E-state index in [0.717, 1.165) is 24.8 Å². The van der Waals surface area contributed by atoms with E-state index in [9.17, 15) is 19.3 Å². The molecule has 8 atom stereocenters. The van der Waals surface area contributed by atoms with Crippen LogP contribution in [0.3, 0.4) is 0 Å². The molecule has 35 heavy (non-hydrogen) atoms. The van der Waals surface area contributed by atoms with E-state index in [1.165, 1.54) is 14.0 Å². The van der Waals surface area contributed by atoms with Gasteiger partial charge in [-0.25, -0.2) is 0 Å². The van der Waals surface area contributed by atoms with Crippen LogP contribution in [-0.2, 0) is 33.4 Å². The maximum atomic E-state index is 13.7. The zero-order valence-corrected chi connectivity index (χ0v) is 21.1. The maximum absolute atomic E-state index is 13.7. The number of nitrogens with zero attached hydrogens (tertiary/aromatic N) is 1. The molecular weight excluding hydrogens is 454 g/mol. The first kappa shape index (κ1) is 25.7. The molecule has 0 spiro atoms. The number of allylic oxidation sites excluding steroid dienone is 4. The van der Waals surface area contributed by atoms with Gasteiger partial charge in [0.1, 0.15) is 6.10 Å². The molecule has 0 aromatic heterocycles. The van der Waals surface area contributed by atoms with Gasteiger partial charge in [-0.1, -0.05) is 25.5 Å². The fourth-order valence-electron chi connectivity index (χ4n) is 8.31. The highest BCUT2D eigenvalue weighted by Gasteiger charge is 2.73. The van der Waals surface area contributed by atoms with Crippen LogP contribution in [0, 0.1) is 33.5 Å². The summed E-state index contributed by atoms with van der Waals surface area (Å²) in [6.07, 6.45) is 7.38. The average Bonchev–Trinajstić information content (AvgIpc) is 3.10. The number of ether oxygens (including phenoxy) is 3. The molecule has 0 bridgehead atoms. The molecule has 0 aliphatic heterocycles. The highest BCUT2D eigenvalue weighted by Crippen LogP contribution is 2.69. The van der Waals surface area contributed by atoms with E-state index in [4.69, 9.17) is 19.0 Å². The minimum absolute atomic E-state index is 0.0150. The molecule has 1 unspecified atom stereocenters. The molecule has 0 saturated heterocycles. The molecule has 9 heteroatoms. The third kappa shape index (κ3) is 3.53. The van der Waals surface area contributed by atoms with Gasteiger partial charge in [0.05, 0.1) is 6.10 Å². The quantitative estimate of drug-likeness (QED) is 0.289. The summed E-state index contributed by atoms with van der Waals surface area (Å²) in [6.45, 7) is 4.91. The van der Waals surface area contributed by atoms with Crippen molar-refractivity contribution in [1.29, 1.82) is 0 Å². The monoisotopic (exact) mass is 489 g/mol. The minimum Gasteiger partial charge on any atom is -0.458 e. The van der Waals surface area contributed by atoms with E-state index in [1.807, 2.05) is 13.0 Å². The Bertz CT molecular complexity index is 974. The Balaban J connectivity index is 1.83. The van der Waals surface area contributed by atoms with Crippen molar-refractivity contribution in [2.75, 3.05) is 20.8 Å². The van der Waals surface area contributed by atoms with Crippen LogP contribution >= 0.6 is 0 Å². The highest BCUT2D eigenvalue weighted by molar-refractivity contribution is 6.01. The lowest BCUT2D eigenvalue weighted by atomic mass is 9.45. The van der Waals surface area contributed by atoms with Gasteiger partial charge in [-0.3, -0.25) is 14.4 Å². The number of hydrogen-bond acceptors (Lipinski definition) is 9. The van der Waals surface area contributed by atoms with Gasteiger partial charge in [0.25, 0.3) is 0 Å². The van der Waals surface area contributed by atoms with E-state index < -0.39 is 41.2 Å². The zero-order chi connectivity index (χ0) is 25.6. The summed E-state index contributed by atoms with van der Waals surface area (Å²) < 4.78 is 17.0. The Morgan fingerprint density at radius 1 is 1.26 bits per heavy atom. The van der Waals surface area contributed by atoms with Crippen LogP contribution in [0.5, 0.6) is 0 Å². The van der Waals surface area contributed by atoms with Crippen LogP contribution in [0.2, 0.25) is 0 Å². The highest BCUT2D eigenvalue weighted by atomic mass is 16.7. The summed E-state index contributed by atoms with van der Waals surface area (Å²) >= 11 is 0. The Labute approximate surface area is 205 Å². The lowest BCUT2D eigenvalue weighted by molar-refractivity contribution is -0.209. The van der Waals surface area contributed by atoms with Crippen molar-refractivity contribution < 1.29 is 33.4 Å². The Kier molecular flexibility index (Phi) is 6.79. The van der Waals surface area contributed by atoms with Gasteiger partial charge >= 0.3 is 5.97 Å². The lowest BCUT2D eigenvalue weighted by Gasteiger charge is -2.60. The minimum atomic E-state index is -1.38.